The lowest BCUT2D eigenvalue weighted by Crippen LogP contribution is -2.27. The highest BCUT2D eigenvalue weighted by Gasteiger charge is 2.17. The zero-order chi connectivity index (χ0) is 22.7. The van der Waals surface area contributed by atoms with E-state index in [0.717, 1.165) is 12.1 Å². The van der Waals surface area contributed by atoms with Crippen molar-refractivity contribution in [1.29, 1.82) is 0 Å². The number of hydrogen-bond donors (Lipinski definition) is 1. The van der Waals surface area contributed by atoms with E-state index in [0.29, 0.717) is 11.3 Å². The van der Waals surface area contributed by atoms with Crippen LogP contribution in [0, 0.1) is 17.5 Å². The fourth-order valence-electron chi connectivity index (χ4n) is 3.07. The molecule has 0 aliphatic rings. The van der Waals surface area contributed by atoms with E-state index < -0.39 is 23.4 Å². The molecule has 0 spiro atoms. The van der Waals surface area contributed by atoms with Crippen LogP contribution in [0.3, 0.4) is 0 Å². The maximum Gasteiger partial charge on any atom is 0.274 e. The summed E-state index contributed by atoms with van der Waals surface area (Å²) in [6, 6.07) is 10.8. The Morgan fingerprint density at radius 3 is 2.72 bits per heavy atom. The predicted octanol–water partition coefficient (Wildman–Crippen LogP) is 3.95. The summed E-state index contributed by atoms with van der Waals surface area (Å²) in [5.41, 5.74) is 1.04. The van der Waals surface area contributed by atoms with Gasteiger partial charge in [0.2, 0.25) is 11.7 Å². The summed E-state index contributed by atoms with van der Waals surface area (Å²) in [6.45, 7) is -0.185. The lowest BCUT2D eigenvalue weighted by molar-refractivity contribution is -0.121. The third kappa shape index (κ3) is 4.48. The quantitative estimate of drug-likeness (QED) is 0.469. The maximum absolute atomic E-state index is 14.0. The molecule has 4 aromatic rings. The van der Waals surface area contributed by atoms with E-state index in [9.17, 15) is 18.0 Å². The van der Waals surface area contributed by atoms with Gasteiger partial charge >= 0.3 is 0 Å². The molecule has 0 atom stereocenters. The van der Waals surface area contributed by atoms with Crippen molar-refractivity contribution in [3.8, 4) is 28.7 Å². The molecule has 2 aromatic heterocycles. The molecule has 10 heteroatoms. The monoisotopic (exact) mass is 442 g/mol. The summed E-state index contributed by atoms with van der Waals surface area (Å²) in [7, 11) is 1.37. The van der Waals surface area contributed by atoms with Crippen LogP contribution in [0.4, 0.5) is 13.2 Å². The van der Waals surface area contributed by atoms with Gasteiger partial charge in [0.05, 0.1) is 7.11 Å². The van der Waals surface area contributed by atoms with Gasteiger partial charge in [-0.25, -0.2) is 13.2 Å². The molecule has 0 fully saturated rings. The van der Waals surface area contributed by atoms with Crippen LogP contribution >= 0.6 is 0 Å². The topological polar surface area (TPSA) is 82.2 Å². The highest BCUT2D eigenvalue weighted by molar-refractivity contribution is 5.76. The van der Waals surface area contributed by atoms with Crippen LogP contribution in [0.1, 0.15) is 5.56 Å². The van der Waals surface area contributed by atoms with Gasteiger partial charge in [0.15, 0.2) is 11.6 Å². The Kier molecular flexibility index (Phi) is 5.93. The summed E-state index contributed by atoms with van der Waals surface area (Å²) in [4.78, 5) is 16.6. The number of amides is 1. The minimum atomic E-state index is -0.736. The van der Waals surface area contributed by atoms with Gasteiger partial charge in [-0.2, -0.15) is 4.98 Å². The Balaban J connectivity index is 1.46. The first-order chi connectivity index (χ1) is 15.4. The normalized spacial score (nSPS) is 10.9. The summed E-state index contributed by atoms with van der Waals surface area (Å²) >= 11 is 0. The van der Waals surface area contributed by atoms with Crippen LogP contribution in [0.15, 0.2) is 59.3 Å². The van der Waals surface area contributed by atoms with Gasteiger partial charge in [-0.1, -0.05) is 11.2 Å². The lowest BCUT2D eigenvalue weighted by atomic mass is 10.2. The molecule has 0 bridgehead atoms. The summed E-state index contributed by atoms with van der Waals surface area (Å²) < 4.78 is 52.4. The molecule has 2 aromatic carbocycles. The number of benzene rings is 2. The molecular weight excluding hydrogens is 425 g/mol. The first-order valence-corrected chi connectivity index (χ1v) is 9.48. The maximum atomic E-state index is 14.0. The van der Waals surface area contributed by atoms with Crippen molar-refractivity contribution in [3.05, 3.63) is 77.7 Å². The molecule has 0 aliphatic carbocycles. The number of methoxy groups -OCH3 is 1. The average Bonchev–Trinajstić information content (AvgIpc) is 3.42. The smallest absolute Gasteiger partial charge is 0.274 e. The number of hydrogen-bond acceptors (Lipinski definition) is 5. The van der Waals surface area contributed by atoms with E-state index in [-0.39, 0.29) is 36.1 Å². The Labute approximate surface area is 180 Å². The van der Waals surface area contributed by atoms with Gasteiger partial charge in [0.25, 0.3) is 5.89 Å². The Hall–Kier alpha value is -4.08. The number of carbonyl (C=O) groups is 1. The van der Waals surface area contributed by atoms with E-state index in [4.69, 9.17) is 9.26 Å². The summed E-state index contributed by atoms with van der Waals surface area (Å²) in [6.07, 6.45) is 1.64. The summed E-state index contributed by atoms with van der Waals surface area (Å²) in [5.74, 6) is -1.98. The number of halogens is 3. The van der Waals surface area contributed by atoms with E-state index in [1.54, 1.807) is 29.0 Å². The Bertz CT molecular complexity index is 1270. The molecule has 2 heterocycles. The fourth-order valence-corrected chi connectivity index (χ4v) is 3.07. The molecule has 4 rings (SSSR count). The molecule has 0 aliphatic heterocycles. The van der Waals surface area contributed by atoms with Crippen molar-refractivity contribution in [1.82, 2.24) is 20.0 Å². The first-order valence-electron chi connectivity index (χ1n) is 9.48. The van der Waals surface area contributed by atoms with Crippen LogP contribution in [-0.2, 0) is 17.9 Å². The van der Waals surface area contributed by atoms with Gasteiger partial charge in [-0.3, -0.25) is 4.79 Å². The molecular formula is C22H17F3N4O3. The molecule has 0 unspecified atom stereocenters. The van der Waals surface area contributed by atoms with Crippen molar-refractivity contribution in [2.75, 3.05) is 7.11 Å². The van der Waals surface area contributed by atoms with Crippen LogP contribution in [0.5, 0.6) is 5.75 Å². The second kappa shape index (κ2) is 8.96. The third-order valence-electron chi connectivity index (χ3n) is 4.69. The van der Waals surface area contributed by atoms with Gasteiger partial charge in [-0.15, -0.1) is 0 Å². The zero-order valence-corrected chi connectivity index (χ0v) is 16.8. The number of ether oxygens (including phenoxy) is 1. The minimum Gasteiger partial charge on any atom is -0.494 e. The van der Waals surface area contributed by atoms with Crippen molar-refractivity contribution in [2.24, 2.45) is 0 Å². The first kappa shape index (κ1) is 21.2. The number of rotatable bonds is 7. The van der Waals surface area contributed by atoms with Crippen molar-refractivity contribution >= 4 is 5.91 Å². The van der Waals surface area contributed by atoms with Crippen molar-refractivity contribution in [3.63, 3.8) is 0 Å². The lowest BCUT2D eigenvalue weighted by Gasteiger charge is -2.09. The summed E-state index contributed by atoms with van der Waals surface area (Å²) in [5, 5.41) is 6.45. The van der Waals surface area contributed by atoms with Gasteiger partial charge in [0, 0.05) is 29.9 Å². The highest BCUT2D eigenvalue weighted by atomic mass is 19.1. The Morgan fingerprint density at radius 1 is 1.12 bits per heavy atom. The van der Waals surface area contributed by atoms with Crippen molar-refractivity contribution in [2.45, 2.75) is 13.1 Å². The largest absolute Gasteiger partial charge is 0.494 e. The molecule has 7 nitrogen and oxygen atoms in total. The van der Waals surface area contributed by atoms with Gasteiger partial charge in [-0.05, 0) is 36.4 Å². The van der Waals surface area contributed by atoms with Crippen molar-refractivity contribution < 1.29 is 27.2 Å². The minimum absolute atomic E-state index is 0.0880. The second-order valence-electron chi connectivity index (χ2n) is 6.81. The van der Waals surface area contributed by atoms with E-state index >= 15 is 0 Å². The SMILES string of the molecule is COc1ccc(-c2noc(-c3cccn3CC(=O)NCc3ccc(F)cc3F)n2)cc1F. The van der Waals surface area contributed by atoms with Crippen LogP contribution in [-0.4, -0.2) is 27.7 Å². The fraction of sp³-hybridized carbons (Fsp3) is 0.136. The van der Waals surface area contributed by atoms with Crippen LogP contribution in [0.2, 0.25) is 0 Å². The van der Waals surface area contributed by atoms with E-state index in [2.05, 4.69) is 15.5 Å². The third-order valence-corrected chi connectivity index (χ3v) is 4.69. The molecule has 32 heavy (non-hydrogen) atoms. The number of carbonyl (C=O) groups excluding carboxylic acids is 1. The molecule has 0 saturated carbocycles. The second-order valence-corrected chi connectivity index (χ2v) is 6.81. The van der Waals surface area contributed by atoms with Crippen LogP contribution in [0.25, 0.3) is 23.0 Å². The predicted molar refractivity (Wildman–Crippen MR) is 108 cm³/mol. The van der Waals surface area contributed by atoms with Crippen LogP contribution < -0.4 is 10.1 Å². The van der Waals surface area contributed by atoms with E-state index in [1.807, 2.05) is 0 Å². The molecule has 1 amide bonds. The number of nitrogens with zero attached hydrogens (tertiary/aromatic N) is 3. The van der Waals surface area contributed by atoms with Gasteiger partial charge in [0.1, 0.15) is 23.9 Å². The van der Waals surface area contributed by atoms with Gasteiger partial charge < -0.3 is 19.1 Å². The average molecular weight is 442 g/mol. The highest BCUT2D eigenvalue weighted by Crippen LogP contribution is 2.26. The number of aromatic nitrogens is 3. The molecule has 0 saturated heterocycles. The zero-order valence-electron chi connectivity index (χ0n) is 16.8. The Morgan fingerprint density at radius 2 is 1.97 bits per heavy atom. The molecule has 164 valence electrons. The molecule has 1 N–H and O–H groups in total. The number of nitrogens with one attached hydrogen (secondary N) is 1. The molecule has 0 radical (unpaired) electrons. The van der Waals surface area contributed by atoms with E-state index in [1.165, 1.54) is 25.3 Å². The standard InChI is InChI=1S/C22H17F3N4O3/c1-31-19-7-5-13(9-17(19)25)21-27-22(32-28-21)18-3-2-8-29(18)12-20(30)26-11-14-4-6-15(23)10-16(14)24/h2-10H,11-12H2,1H3,(H,26,30).